The Bertz CT molecular complexity index is 546. The highest BCUT2D eigenvalue weighted by Crippen LogP contribution is 2.17. The van der Waals surface area contributed by atoms with Crippen LogP contribution in [-0.4, -0.2) is 30.6 Å². The monoisotopic (exact) mass is 256 g/mol. The van der Waals surface area contributed by atoms with Gasteiger partial charge in [0, 0.05) is 18.6 Å². The Kier molecular flexibility index (Phi) is 4.23. The van der Waals surface area contributed by atoms with Crippen LogP contribution in [0, 0.1) is 0 Å². The Hall–Kier alpha value is -1.38. The van der Waals surface area contributed by atoms with Gasteiger partial charge in [-0.3, -0.25) is 4.90 Å². The normalized spacial score (nSPS) is 12.3. The van der Waals surface area contributed by atoms with Gasteiger partial charge in [-0.05, 0) is 43.7 Å². The van der Waals surface area contributed by atoms with Crippen molar-refractivity contribution >= 4 is 10.8 Å². The Morgan fingerprint density at radius 1 is 1.05 bits per heavy atom. The third-order valence-electron chi connectivity index (χ3n) is 4.08. The summed E-state index contributed by atoms with van der Waals surface area (Å²) in [4.78, 5) is 2.34. The zero-order valence-corrected chi connectivity index (χ0v) is 12.2. The molecule has 0 radical (unpaired) electrons. The van der Waals surface area contributed by atoms with Crippen LogP contribution in [0.4, 0.5) is 0 Å². The summed E-state index contributed by atoms with van der Waals surface area (Å²) in [6.07, 6.45) is 1.06. The van der Waals surface area contributed by atoms with Crippen molar-refractivity contribution in [2.45, 2.75) is 25.8 Å². The molecule has 0 bridgehead atoms. The Morgan fingerprint density at radius 3 is 2.42 bits per heavy atom. The standard InChI is InChI=1S/C17H24N2/c1-17(2,13-18)19(3)11-10-14-8-9-15-6-4-5-7-16(15)12-14/h4-9,12H,10-11,13,18H2,1-3H3. The number of fused-ring (bicyclic) bond motifs is 1. The van der Waals surface area contributed by atoms with Gasteiger partial charge >= 0.3 is 0 Å². The smallest absolute Gasteiger partial charge is 0.0272 e. The van der Waals surface area contributed by atoms with E-state index in [9.17, 15) is 0 Å². The minimum absolute atomic E-state index is 0.0663. The molecule has 0 aliphatic heterocycles. The minimum Gasteiger partial charge on any atom is -0.329 e. The first-order chi connectivity index (χ1) is 9.03. The Labute approximate surface area is 116 Å². The highest BCUT2D eigenvalue weighted by Gasteiger charge is 2.20. The fourth-order valence-electron chi connectivity index (χ4n) is 2.15. The van der Waals surface area contributed by atoms with Gasteiger partial charge in [-0.15, -0.1) is 0 Å². The van der Waals surface area contributed by atoms with Crippen molar-refractivity contribution < 1.29 is 0 Å². The predicted octanol–water partition coefficient (Wildman–Crippen LogP) is 3.05. The summed E-state index contributed by atoms with van der Waals surface area (Å²) < 4.78 is 0. The molecule has 2 aromatic carbocycles. The van der Waals surface area contributed by atoms with E-state index in [1.165, 1.54) is 16.3 Å². The quantitative estimate of drug-likeness (QED) is 0.891. The number of nitrogens with two attached hydrogens (primary N) is 1. The Balaban J connectivity index is 2.06. The number of hydrogen-bond donors (Lipinski definition) is 1. The molecular weight excluding hydrogens is 232 g/mol. The van der Waals surface area contributed by atoms with Gasteiger partial charge in [-0.1, -0.05) is 42.5 Å². The molecule has 2 N–H and O–H groups in total. The van der Waals surface area contributed by atoms with Gasteiger partial charge in [0.05, 0.1) is 0 Å². The summed E-state index contributed by atoms with van der Waals surface area (Å²) >= 11 is 0. The van der Waals surface area contributed by atoms with E-state index >= 15 is 0 Å². The highest BCUT2D eigenvalue weighted by atomic mass is 15.2. The molecule has 0 aromatic heterocycles. The third kappa shape index (κ3) is 3.34. The molecular formula is C17H24N2. The fraction of sp³-hybridized carbons (Fsp3) is 0.412. The van der Waals surface area contributed by atoms with Crippen molar-refractivity contribution in [2.75, 3.05) is 20.1 Å². The van der Waals surface area contributed by atoms with Gasteiger partial charge in [0.25, 0.3) is 0 Å². The van der Waals surface area contributed by atoms with Crippen molar-refractivity contribution in [2.24, 2.45) is 5.73 Å². The maximum Gasteiger partial charge on any atom is 0.0272 e. The first kappa shape index (κ1) is 14.0. The highest BCUT2D eigenvalue weighted by molar-refractivity contribution is 5.82. The summed E-state index contributed by atoms with van der Waals surface area (Å²) in [5, 5.41) is 2.63. The molecule has 2 rings (SSSR count). The molecule has 0 unspecified atom stereocenters. The van der Waals surface area contributed by atoms with Gasteiger partial charge in [0.1, 0.15) is 0 Å². The van der Waals surface area contributed by atoms with Gasteiger partial charge < -0.3 is 5.73 Å². The molecule has 2 nitrogen and oxygen atoms in total. The molecule has 0 saturated heterocycles. The van der Waals surface area contributed by atoms with E-state index in [0.29, 0.717) is 6.54 Å². The molecule has 0 saturated carbocycles. The van der Waals surface area contributed by atoms with Crippen molar-refractivity contribution in [3.05, 3.63) is 48.0 Å². The molecule has 0 amide bonds. The van der Waals surface area contributed by atoms with E-state index < -0.39 is 0 Å². The van der Waals surface area contributed by atoms with Gasteiger partial charge in [-0.25, -0.2) is 0 Å². The summed E-state index contributed by atoms with van der Waals surface area (Å²) in [6, 6.07) is 15.2. The van der Waals surface area contributed by atoms with Crippen LogP contribution >= 0.6 is 0 Å². The summed E-state index contributed by atoms with van der Waals surface area (Å²) in [5.74, 6) is 0. The molecule has 0 fully saturated rings. The van der Waals surface area contributed by atoms with E-state index in [2.05, 4.69) is 68.3 Å². The average molecular weight is 256 g/mol. The lowest BCUT2D eigenvalue weighted by molar-refractivity contribution is 0.166. The molecule has 0 heterocycles. The number of nitrogens with zero attached hydrogens (tertiary/aromatic N) is 1. The first-order valence-electron chi connectivity index (χ1n) is 6.92. The number of benzene rings is 2. The summed E-state index contributed by atoms with van der Waals surface area (Å²) in [6.45, 7) is 6.09. The van der Waals surface area contributed by atoms with Crippen molar-refractivity contribution in [3.63, 3.8) is 0 Å². The first-order valence-corrected chi connectivity index (χ1v) is 6.92. The van der Waals surface area contributed by atoms with E-state index in [0.717, 1.165) is 13.0 Å². The van der Waals surface area contributed by atoms with E-state index in [1.807, 2.05) is 0 Å². The van der Waals surface area contributed by atoms with Crippen LogP contribution in [-0.2, 0) is 6.42 Å². The Morgan fingerprint density at radius 2 is 1.74 bits per heavy atom. The van der Waals surface area contributed by atoms with Crippen LogP contribution in [0.25, 0.3) is 10.8 Å². The van der Waals surface area contributed by atoms with E-state index in [1.54, 1.807) is 0 Å². The molecule has 0 aliphatic rings. The van der Waals surface area contributed by atoms with Gasteiger partial charge in [-0.2, -0.15) is 0 Å². The SMILES string of the molecule is CN(CCc1ccc2ccccc2c1)C(C)(C)CN. The van der Waals surface area contributed by atoms with Gasteiger partial charge in [0.2, 0.25) is 0 Å². The zero-order chi connectivity index (χ0) is 13.9. The van der Waals surface area contributed by atoms with E-state index in [-0.39, 0.29) is 5.54 Å². The van der Waals surface area contributed by atoms with Crippen molar-refractivity contribution in [3.8, 4) is 0 Å². The molecule has 2 heteroatoms. The van der Waals surface area contributed by atoms with E-state index in [4.69, 9.17) is 5.73 Å². The van der Waals surface area contributed by atoms with Crippen LogP contribution in [0.3, 0.4) is 0 Å². The molecule has 0 atom stereocenters. The largest absolute Gasteiger partial charge is 0.329 e. The second-order valence-electron chi connectivity index (χ2n) is 5.87. The molecule has 0 spiro atoms. The summed E-state index contributed by atoms with van der Waals surface area (Å²) in [7, 11) is 2.15. The maximum absolute atomic E-state index is 5.81. The second-order valence-corrected chi connectivity index (χ2v) is 5.87. The van der Waals surface area contributed by atoms with Crippen molar-refractivity contribution in [1.82, 2.24) is 4.90 Å². The lowest BCUT2D eigenvalue weighted by atomic mass is 10.0. The zero-order valence-electron chi connectivity index (χ0n) is 12.2. The third-order valence-corrected chi connectivity index (χ3v) is 4.08. The van der Waals surface area contributed by atoms with Crippen LogP contribution < -0.4 is 5.73 Å². The number of likely N-dealkylation sites (N-methyl/N-ethyl adjacent to an activating group) is 1. The number of rotatable bonds is 5. The minimum atomic E-state index is 0.0663. The second kappa shape index (κ2) is 5.72. The van der Waals surface area contributed by atoms with Crippen LogP contribution in [0.15, 0.2) is 42.5 Å². The van der Waals surface area contributed by atoms with Crippen LogP contribution in [0.1, 0.15) is 19.4 Å². The summed E-state index contributed by atoms with van der Waals surface area (Å²) in [5.41, 5.74) is 7.26. The fourth-order valence-corrected chi connectivity index (χ4v) is 2.15. The number of hydrogen-bond acceptors (Lipinski definition) is 2. The average Bonchev–Trinajstić information content (AvgIpc) is 2.44. The van der Waals surface area contributed by atoms with Crippen LogP contribution in [0.2, 0.25) is 0 Å². The lowest BCUT2D eigenvalue weighted by Crippen LogP contribution is -2.47. The molecule has 0 aliphatic carbocycles. The molecule has 102 valence electrons. The van der Waals surface area contributed by atoms with Gasteiger partial charge in [0.15, 0.2) is 0 Å². The molecule has 2 aromatic rings. The lowest BCUT2D eigenvalue weighted by Gasteiger charge is -2.34. The van der Waals surface area contributed by atoms with Crippen molar-refractivity contribution in [1.29, 1.82) is 0 Å². The maximum atomic E-state index is 5.81. The predicted molar refractivity (Wildman–Crippen MR) is 83.4 cm³/mol. The molecule has 19 heavy (non-hydrogen) atoms. The van der Waals surface area contributed by atoms with Crippen LogP contribution in [0.5, 0.6) is 0 Å². The topological polar surface area (TPSA) is 29.3 Å².